The first-order chi connectivity index (χ1) is 16.7. The second-order valence-electron chi connectivity index (χ2n) is 9.16. The van der Waals surface area contributed by atoms with Crippen LogP contribution < -0.4 is 4.74 Å². The fraction of sp³-hybridized carbons (Fsp3) is 0.310. The molecule has 2 aliphatic rings. The van der Waals surface area contributed by atoms with Crippen molar-refractivity contribution in [2.45, 2.75) is 50.8 Å². The maximum atomic E-state index is 13.3. The molecule has 34 heavy (non-hydrogen) atoms. The zero-order valence-corrected chi connectivity index (χ0v) is 19.1. The number of piperidine rings is 2. The van der Waals surface area contributed by atoms with Crippen molar-refractivity contribution in [3.63, 3.8) is 0 Å². The van der Waals surface area contributed by atoms with Crippen molar-refractivity contribution in [1.82, 2.24) is 4.90 Å². The maximum Gasteiger partial charge on any atom is 0.410 e. The van der Waals surface area contributed by atoms with Crippen molar-refractivity contribution in [2.24, 2.45) is 5.92 Å². The van der Waals surface area contributed by atoms with Gasteiger partial charge >= 0.3 is 6.09 Å². The van der Waals surface area contributed by atoms with Crippen LogP contribution in [0.25, 0.3) is 0 Å². The summed E-state index contributed by atoms with van der Waals surface area (Å²) in [5.41, 5.74) is 1.68. The molecule has 2 heterocycles. The summed E-state index contributed by atoms with van der Waals surface area (Å²) >= 11 is 0. The van der Waals surface area contributed by atoms with Gasteiger partial charge in [-0.3, -0.25) is 4.79 Å². The van der Waals surface area contributed by atoms with Gasteiger partial charge in [-0.15, -0.1) is 0 Å². The predicted octanol–water partition coefficient (Wildman–Crippen LogP) is 6.63. The second kappa shape index (κ2) is 10.1. The number of hydrogen-bond donors (Lipinski definition) is 0. The molecule has 2 saturated heterocycles. The molecule has 0 aromatic heterocycles. The predicted molar refractivity (Wildman–Crippen MR) is 130 cm³/mol. The standard InChI is InChI=1S/C29H29NO4/c31-28(22-14-16-27(17-15-22)34-26-12-5-2-6-13-26)23-18-24-10-7-11-25(19-23)30(24)29(32)33-20-21-8-3-1-4-9-21/h1-6,8-9,12-17,23-25H,7,10-11,18-20H2. The van der Waals surface area contributed by atoms with Gasteiger partial charge in [0.1, 0.15) is 18.1 Å². The first-order valence-corrected chi connectivity index (χ1v) is 12.0. The van der Waals surface area contributed by atoms with E-state index in [1.807, 2.05) is 89.8 Å². The summed E-state index contributed by atoms with van der Waals surface area (Å²) in [5, 5.41) is 0. The van der Waals surface area contributed by atoms with Crippen molar-refractivity contribution in [3.8, 4) is 11.5 Å². The molecule has 0 radical (unpaired) electrons. The van der Waals surface area contributed by atoms with E-state index in [9.17, 15) is 9.59 Å². The van der Waals surface area contributed by atoms with E-state index in [-0.39, 0.29) is 36.5 Å². The number of carbonyl (C=O) groups is 2. The van der Waals surface area contributed by atoms with Crippen LogP contribution in [0.3, 0.4) is 0 Å². The van der Waals surface area contributed by atoms with Gasteiger partial charge in [0.15, 0.2) is 5.78 Å². The third-order valence-corrected chi connectivity index (χ3v) is 6.88. The van der Waals surface area contributed by atoms with E-state index >= 15 is 0 Å². The lowest BCUT2D eigenvalue weighted by molar-refractivity contribution is 0.00472. The van der Waals surface area contributed by atoms with Crippen LogP contribution in [0, 0.1) is 5.92 Å². The molecule has 3 aromatic carbocycles. The SMILES string of the molecule is O=C(c1ccc(Oc2ccccc2)cc1)C1CC2CCCC(C1)N2C(=O)OCc1ccccc1. The first-order valence-electron chi connectivity index (χ1n) is 12.0. The summed E-state index contributed by atoms with van der Waals surface area (Å²) in [5.74, 6) is 1.55. The highest BCUT2D eigenvalue weighted by molar-refractivity contribution is 5.98. The second-order valence-corrected chi connectivity index (χ2v) is 9.16. The number of benzene rings is 3. The van der Waals surface area contributed by atoms with Gasteiger partial charge in [-0.25, -0.2) is 4.79 Å². The Bertz CT molecular complexity index is 1100. The van der Waals surface area contributed by atoms with Crippen LogP contribution in [0.2, 0.25) is 0 Å². The molecule has 5 heteroatoms. The summed E-state index contributed by atoms with van der Waals surface area (Å²) in [4.78, 5) is 28.1. The van der Waals surface area contributed by atoms with Gasteiger partial charge in [0.25, 0.3) is 0 Å². The van der Waals surface area contributed by atoms with Gasteiger partial charge in [0.05, 0.1) is 0 Å². The van der Waals surface area contributed by atoms with Gasteiger partial charge in [-0.2, -0.15) is 0 Å². The molecule has 174 valence electrons. The summed E-state index contributed by atoms with van der Waals surface area (Å²) < 4.78 is 11.5. The molecular weight excluding hydrogens is 426 g/mol. The zero-order chi connectivity index (χ0) is 23.3. The molecule has 2 unspecified atom stereocenters. The van der Waals surface area contributed by atoms with Crippen molar-refractivity contribution in [1.29, 1.82) is 0 Å². The van der Waals surface area contributed by atoms with Crippen LogP contribution in [0.4, 0.5) is 4.79 Å². The zero-order valence-electron chi connectivity index (χ0n) is 19.1. The average molecular weight is 456 g/mol. The molecule has 2 atom stereocenters. The Morgan fingerprint density at radius 1 is 0.765 bits per heavy atom. The number of carbonyl (C=O) groups excluding carboxylic acids is 2. The van der Waals surface area contributed by atoms with E-state index in [1.54, 1.807) is 0 Å². The molecule has 3 aromatic rings. The Hall–Kier alpha value is -3.60. The molecule has 5 nitrogen and oxygen atoms in total. The summed E-state index contributed by atoms with van der Waals surface area (Å²) in [7, 11) is 0. The Morgan fingerprint density at radius 3 is 2.00 bits per heavy atom. The first kappa shape index (κ1) is 22.2. The normalized spacial score (nSPS) is 21.5. The molecule has 0 N–H and O–H groups in total. The molecule has 0 saturated carbocycles. The maximum absolute atomic E-state index is 13.3. The Labute approximate surface area is 200 Å². The minimum Gasteiger partial charge on any atom is -0.457 e. The molecule has 0 aliphatic carbocycles. The lowest BCUT2D eigenvalue weighted by atomic mass is 9.76. The number of hydrogen-bond acceptors (Lipinski definition) is 4. The van der Waals surface area contributed by atoms with E-state index in [0.717, 1.165) is 30.6 Å². The number of nitrogens with zero attached hydrogens (tertiary/aromatic N) is 1. The van der Waals surface area contributed by atoms with E-state index in [2.05, 4.69) is 0 Å². The van der Waals surface area contributed by atoms with Gasteiger partial charge in [0, 0.05) is 23.6 Å². The Morgan fingerprint density at radius 2 is 1.35 bits per heavy atom. The number of ether oxygens (including phenoxy) is 2. The number of amides is 1. The Balaban J connectivity index is 1.21. The minimum atomic E-state index is -0.258. The third-order valence-electron chi connectivity index (χ3n) is 6.88. The molecular formula is C29H29NO4. The lowest BCUT2D eigenvalue weighted by Crippen LogP contribution is -2.55. The van der Waals surface area contributed by atoms with Gasteiger partial charge in [-0.1, -0.05) is 48.5 Å². The molecule has 2 fully saturated rings. The van der Waals surface area contributed by atoms with Crippen molar-refractivity contribution >= 4 is 11.9 Å². The van der Waals surface area contributed by atoms with Gasteiger partial charge < -0.3 is 14.4 Å². The molecule has 5 rings (SSSR count). The van der Waals surface area contributed by atoms with Crippen LogP contribution in [-0.2, 0) is 11.3 Å². The topological polar surface area (TPSA) is 55.8 Å². The number of fused-ring (bicyclic) bond motifs is 2. The lowest BCUT2D eigenvalue weighted by Gasteiger charge is -2.47. The van der Waals surface area contributed by atoms with Crippen molar-refractivity contribution < 1.29 is 19.1 Å². The van der Waals surface area contributed by atoms with E-state index < -0.39 is 0 Å². The quantitative estimate of drug-likeness (QED) is 0.391. The molecule has 2 aliphatic heterocycles. The van der Waals surface area contributed by atoms with E-state index in [4.69, 9.17) is 9.47 Å². The van der Waals surface area contributed by atoms with Gasteiger partial charge in [-0.05, 0) is 74.1 Å². The summed E-state index contributed by atoms with van der Waals surface area (Å²) in [6, 6.07) is 26.8. The molecule has 1 amide bonds. The van der Waals surface area contributed by atoms with Crippen LogP contribution in [0.15, 0.2) is 84.9 Å². The summed E-state index contributed by atoms with van der Waals surface area (Å²) in [6.45, 7) is 0.273. The minimum absolute atomic E-state index is 0.0606. The van der Waals surface area contributed by atoms with Crippen LogP contribution in [0.1, 0.15) is 48.0 Å². The Kier molecular flexibility index (Phi) is 6.61. The smallest absolute Gasteiger partial charge is 0.410 e. The third kappa shape index (κ3) is 4.98. The van der Waals surface area contributed by atoms with Gasteiger partial charge in [0.2, 0.25) is 0 Å². The van der Waals surface area contributed by atoms with Crippen LogP contribution in [-0.4, -0.2) is 28.9 Å². The monoisotopic (exact) mass is 455 g/mol. The molecule has 2 bridgehead atoms. The highest BCUT2D eigenvalue weighted by Crippen LogP contribution is 2.39. The van der Waals surface area contributed by atoms with Crippen molar-refractivity contribution in [2.75, 3.05) is 0 Å². The number of ketones is 1. The van der Waals surface area contributed by atoms with E-state index in [0.29, 0.717) is 24.2 Å². The summed E-state index contributed by atoms with van der Waals surface area (Å²) in [6.07, 6.45) is 4.06. The van der Waals surface area contributed by atoms with Crippen molar-refractivity contribution in [3.05, 3.63) is 96.1 Å². The highest BCUT2D eigenvalue weighted by atomic mass is 16.6. The fourth-order valence-corrected chi connectivity index (χ4v) is 5.23. The highest BCUT2D eigenvalue weighted by Gasteiger charge is 2.43. The molecule has 0 spiro atoms. The fourth-order valence-electron chi connectivity index (χ4n) is 5.23. The van der Waals surface area contributed by atoms with Crippen LogP contribution >= 0.6 is 0 Å². The average Bonchev–Trinajstić information content (AvgIpc) is 2.88. The number of rotatable bonds is 6. The largest absolute Gasteiger partial charge is 0.457 e. The number of para-hydroxylation sites is 1. The van der Waals surface area contributed by atoms with Crippen LogP contribution in [0.5, 0.6) is 11.5 Å². The number of Topliss-reactive ketones (excluding diaryl/α,β-unsaturated/α-hetero) is 1. The van der Waals surface area contributed by atoms with E-state index in [1.165, 1.54) is 0 Å².